The van der Waals surface area contributed by atoms with Crippen molar-refractivity contribution in [2.24, 2.45) is 16.7 Å². The van der Waals surface area contributed by atoms with Gasteiger partial charge in [0.25, 0.3) is 0 Å². The third-order valence-corrected chi connectivity index (χ3v) is 5.91. The van der Waals surface area contributed by atoms with E-state index in [1.54, 1.807) is 0 Å². The van der Waals surface area contributed by atoms with Gasteiger partial charge in [0.2, 0.25) is 0 Å². The molecular weight excluding hydrogens is 296 g/mol. The molecule has 0 saturated heterocycles. The summed E-state index contributed by atoms with van der Waals surface area (Å²) in [5.41, 5.74) is 4.05. The Morgan fingerprint density at radius 1 is 0.917 bits per heavy atom. The molecule has 134 valence electrons. The first-order valence-electron chi connectivity index (χ1n) is 8.81. The molecule has 0 radical (unpaired) electrons. The van der Waals surface area contributed by atoms with E-state index in [0.29, 0.717) is 13.0 Å². The molecule has 0 unspecified atom stereocenters. The number of rotatable bonds is 7. The van der Waals surface area contributed by atoms with Crippen LogP contribution in [0.5, 0.6) is 0 Å². The maximum Gasteiger partial charge on any atom is 0.306 e. The Morgan fingerprint density at radius 3 is 1.58 bits per heavy atom. The molecule has 2 heteroatoms. The molecule has 0 aromatic rings. The van der Waals surface area contributed by atoms with Crippen molar-refractivity contribution in [3.8, 4) is 0 Å². The Labute approximate surface area is 148 Å². The SMILES string of the molecule is C=C(C)C1(C(=C)C)CC(CC(=O)OCC)CC(C(=C)C)(C(=C)C)C1. The number of esters is 1. The highest BCUT2D eigenvalue weighted by atomic mass is 16.5. The van der Waals surface area contributed by atoms with Gasteiger partial charge in [0, 0.05) is 17.3 Å². The second-order valence-electron chi connectivity index (χ2n) is 7.75. The summed E-state index contributed by atoms with van der Waals surface area (Å²) in [5, 5.41) is 0. The van der Waals surface area contributed by atoms with Crippen molar-refractivity contribution in [3.63, 3.8) is 0 Å². The van der Waals surface area contributed by atoms with Gasteiger partial charge in [0.05, 0.1) is 6.61 Å². The van der Waals surface area contributed by atoms with Gasteiger partial charge in [-0.05, 0) is 59.8 Å². The highest BCUT2D eigenvalue weighted by Gasteiger charge is 2.50. The molecule has 1 aliphatic carbocycles. The molecule has 1 saturated carbocycles. The van der Waals surface area contributed by atoms with Crippen molar-refractivity contribution >= 4 is 5.97 Å². The molecule has 1 aliphatic rings. The summed E-state index contributed by atoms with van der Waals surface area (Å²) < 4.78 is 5.19. The van der Waals surface area contributed by atoms with E-state index < -0.39 is 0 Å². The third kappa shape index (κ3) is 3.74. The number of carbonyl (C=O) groups excluding carboxylic acids is 1. The van der Waals surface area contributed by atoms with Crippen molar-refractivity contribution in [2.45, 2.75) is 60.3 Å². The molecule has 0 atom stereocenters. The summed E-state index contributed by atoms with van der Waals surface area (Å²) >= 11 is 0. The van der Waals surface area contributed by atoms with E-state index in [1.165, 1.54) is 0 Å². The molecular formula is C22H34O2. The zero-order valence-corrected chi connectivity index (χ0v) is 16.3. The van der Waals surface area contributed by atoms with Gasteiger partial charge in [-0.3, -0.25) is 4.79 Å². The number of hydrogen-bond acceptors (Lipinski definition) is 2. The Hall–Kier alpha value is -1.57. The third-order valence-electron chi connectivity index (χ3n) is 5.91. The second kappa shape index (κ2) is 7.55. The van der Waals surface area contributed by atoms with E-state index >= 15 is 0 Å². The Balaban J connectivity index is 3.37. The summed E-state index contributed by atoms with van der Waals surface area (Å²) in [7, 11) is 0. The molecule has 0 bridgehead atoms. The van der Waals surface area contributed by atoms with Crippen LogP contribution in [0.25, 0.3) is 0 Å². The smallest absolute Gasteiger partial charge is 0.306 e. The summed E-state index contributed by atoms with van der Waals surface area (Å²) in [6.45, 7) is 27.6. The lowest BCUT2D eigenvalue weighted by molar-refractivity contribution is -0.145. The quantitative estimate of drug-likeness (QED) is 0.421. The molecule has 0 amide bonds. The van der Waals surface area contributed by atoms with Gasteiger partial charge in [0.15, 0.2) is 0 Å². The van der Waals surface area contributed by atoms with Crippen molar-refractivity contribution in [2.75, 3.05) is 6.61 Å². The van der Waals surface area contributed by atoms with Gasteiger partial charge >= 0.3 is 5.97 Å². The molecule has 2 nitrogen and oxygen atoms in total. The van der Waals surface area contributed by atoms with Crippen LogP contribution in [-0.2, 0) is 9.53 Å². The first-order valence-corrected chi connectivity index (χ1v) is 8.81. The minimum Gasteiger partial charge on any atom is -0.466 e. The van der Waals surface area contributed by atoms with E-state index in [4.69, 9.17) is 4.74 Å². The fourth-order valence-corrected chi connectivity index (χ4v) is 4.35. The number of allylic oxidation sites excluding steroid dienone is 4. The van der Waals surface area contributed by atoms with Gasteiger partial charge in [-0.1, -0.05) is 48.6 Å². The first-order chi connectivity index (χ1) is 11.0. The van der Waals surface area contributed by atoms with E-state index in [2.05, 4.69) is 54.0 Å². The molecule has 0 aromatic carbocycles. The maximum atomic E-state index is 12.1. The zero-order valence-electron chi connectivity index (χ0n) is 16.3. The standard InChI is InChI=1S/C22H34O2/c1-10-24-20(23)11-19-12-21(15(2)3,16(4)5)14-22(13-19,17(6)7)18(8)9/h19H,2,4,6,8,10-14H2,1,3,5,7,9H3. The van der Waals surface area contributed by atoms with Crippen LogP contribution in [0, 0.1) is 16.7 Å². The van der Waals surface area contributed by atoms with Gasteiger partial charge < -0.3 is 4.74 Å². The normalized spacial score (nSPS) is 19.4. The van der Waals surface area contributed by atoms with Crippen LogP contribution >= 0.6 is 0 Å². The lowest BCUT2D eigenvalue weighted by atomic mass is 9.51. The molecule has 0 aromatic heterocycles. The minimum atomic E-state index is -0.187. The number of ether oxygens (including phenoxy) is 1. The predicted molar refractivity (Wildman–Crippen MR) is 103 cm³/mol. The van der Waals surface area contributed by atoms with Crippen molar-refractivity contribution in [3.05, 3.63) is 48.6 Å². The van der Waals surface area contributed by atoms with Crippen LogP contribution in [0.3, 0.4) is 0 Å². The lowest BCUT2D eigenvalue weighted by Crippen LogP contribution is -2.43. The highest BCUT2D eigenvalue weighted by molar-refractivity contribution is 5.69. The summed E-state index contributed by atoms with van der Waals surface area (Å²) in [4.78, 5) is 12.1. The average molecular weight is 331 g/mol. The minimum absolute atomic E-state index is 0.126. The van der Waals surface area contributed by atoms with Crippen LogP contribution in [0.1, 0.15) is 60.3 Å². The van der Waals surface area contributed by atoms with Crippen LogP contribution in [-0.4, -0.2) is 12.6 Å². The first kappa shape index (κ1) is 20.5. The van der Waals surface area contributed by atoms with E-state index in [1.807, 2.05) is 6.92 Å². The second-order valence-corrected chi connectivity index (χ2v) is 7.75. The van der Waals surface area contributed by atoms with Crippen LogP contribution in [0.15, 0.2) is 48.6 Å². The van der Waals surface area contributed by atoms with Crippen LogP contribution in [0.4, 0.5) is 0 Å². The Kier molecular flexibility index (Phi) is 6.44. The summed E-state index contributed by atoms with van der Waals surface area (Å²) in [6, 6.07) is 0. The van der Waals surface area contributed by atoms with E-state index in [0.717, 1.165) is 41.6 Å². The maximum absolute atomic E-state index is 12.1. The molecule has 1 fully saturated rings. The molecule has 1 rings (SSSR count). The van der Waals surface area contributed by atoms with E-state index in [-0.39, 0.29) is 22.7 Å². The lowest BCUT2D eigenvalue weighted by Gasteiger charge is -2.53. The number of carbonyl (C=O) groups is 1. The highest BCUT2D eigenvalue weighted by Crippen LogP contribution is 2.60. The van der Waals surface area contributed by atoms with Gasteiger partial charge in [-0.15, -0.1) is 0 Å². The Morgan fingerprint density at radius 2 is 1.29 bits per heavy atom. The predicted octanol–water partition coefficient (Wildman–Crippen LogP) is 6.02. The molecule has 0 N–H and O–H groups in total. The van der Waals surface area contributed by atoms with Gasteiger partial charge in [-0.25, -0.2) is 0 Å². The van der Waals surface area contributed by atoms with E-state index in [9.17, 15) is 4.79 Å². The van der Waals surface area contributed by atoms with Gasteiger partial charge in [-0.2, -0.15) is 0 Å². The van der Waals surface area contributed by atoms with Crippen LogP contribution < -0.4 is 0 Å². The van der Waals surface area contributed by atoms with Crippen molar-refractivity contribution in [1.82, 2.24) is 0 Å². The van der Waals surface area contributed by atoms with Crippen LogP contribution in [0.2, 0.25) is 0 Å². The topological polar surface area (TPSA) is 26.3 Å². The fraction of sp³-hybridized carbons (Fsp3) is 0.591. The number of hydrogen-bond donors (Lipinski definition) is 0. The summed E-state index contributed by atoms with van der Waals surface area (Å²) in [6.07, 6.45) is 3.10. The zero-order chi connectivity index (χ0) is 18.7. The van der Waals surface area contributed by atoms with Gasteiger partial charge in [0.1, 0.15) is 0 Å². The molecule has 0 spiro atoms. The summed E-state index contributed by atoms with van der Waals surface area (Å²) in [5.74, 6) is 0.0821. The van der Waals surface area contributed by atoms with Crippen molar-refractivity contribution in [1.29, 1.82) is 0 Å². The average Bonchev–Trinajstić information content (AvgIpc) is 2.45. The fourth-order valence-electron chi connectivity index (χ4n) is 4.35. The Bertz CT molecular complexity index is 497. The van der Waals surface area contributed by atoms with Crippen molar-refractivity contribution < 1.29 is 9.53 Å². The largest absolute Gasteiger partial charge is 0.466 e. The monoisotopic (exact) mass is 330 g/mol. The molecule has 0 aliphatic heterocycles. The molecule has 0 heterocycles. The molecule has 24 heavy (non-hydrogen) atoms.